The van der Waals surface area contributed by atoms with Crippen molar-refractivity contribution in [1.29, 1.82) is 0 Å². The van der Waals surface area contributed by atoms with E-state index in [4.69, 9.17) is 11.6 Å². The van der Waals surface area contributed by atoms with E-state index in [1.54, 1.807) is 32.1 Å². The Kier molecular flexibility index (Phi) is 6.71. The van der Waals surface area contributed by atoms with E-state index in [1.165, 1.54) is 11.9 Å². The van der Waals surface area contributed by atoms with Gasteiger partial charge >= 0.3 is 0 Å². The smallest absolute Gasteiger partial charge is 0.140 e. The molecule has 1 aromatic rings. The summed E-state index contributed by atoms with van der Waals surface area (Å²) in [6.45, 7) is 3.63. The summed E-state index contributed by atoms with van der Waals surface area (Å²) in [5, 5.41) is 4.24. The maximum atomic E-state index is 10.6. The van der Waals surface area contributed by atoms with Crippen LogP contribution in [-0.2, 0) is 4.79 Å². The van der Waals surface area contributed by atoms with Crippen LogP contribution in [0.25, 0.3) is 0 Å². The summed E-state index contributed by atoms with van der Waals surface area (Å²) in [6, 6.07) is 8.36. The second-order valence-corrected chi connectivity index (χ2v) is 10.1. The summed E-state index contributed by atoms with van der Waals surface area (Å²) < 4.78 is 3.04. The standard InChI is InChI=1S/C11H19N.C10H12ClNOS/c1-12-11-9-3-7-2-8(5-9)6-10(11)4-7;1-10(2,7-13)12-14-9-5-3-4-8(11)6-9/h7-12H,2-6H2,1H3;3-7,12H,1-2H3. The number of rotatable bonds is 5. The van der Waals surface area contributed by atoms with Gasteiger partial charge in [-0.05, 0) is 107 Å². The molecule has 0 aliphatic heterocycles. The van der Waals surface area contributed by atoms with Gasteiger partial charge in [0.05, 0.1) is 5.54 Å². The molecule has 0 unspecified atom stereocenters. The zero-order valence-electron chi connectivity index (χ0n) is 16.0. The third-order valence-corrected chi connectivity index (χ3v) is 7.44. The van der Waals surface area contributed by atoms with Gasteiger partial charge in [-0.3, -0.25) is 0 Å². The minimum atomic E-state index is -0.521. The predicted molar refractivity (Wildman–Crippen MR) is 110 cm³/mol. The van der Waals surface area contributed by atoms with Crippen LogP contribution in [-0.4, -0.2) is 24.9 Å². The van der Waals surface area contributed by atoms with Crippen molar-refractivity contribution >= 4 is 29.8 Å². The Hall–Kier alpha value is -0.550. The van der Waals surface area contributed by atoms with E-state index in [2.05, 4.69) is 17.1 Å². The summed E-state index contributed by atoms with van der Waals surface area (Å²) in [6.07, 6.45) is 8.61. The van der Waals surface area contributed by atoms with Crippen LogP contribution in [0.5, 0.6) is 0 Å². The molecule has 5 heteroatoms. The number of benzene rings is 1. The molecule has 0 amide bonds. The highest BCUT2D eigenvalue weighted by molar-refractivity contribution is 7.97. The van der Waals surface area contributed by atoms with E-state index >= 15 is 0 Å². The fourth-order valence-electron chi connectivity index (χ4n) is 5.14. The summed E-state index contributed by atoms with van der Waals surface area (Å²) in [7, 11) is 2.16. The van der Waals surface area contributed by atoms with Crippen LogP contribution in [0.4, 0.5) is 0 Å². The fourth-order valence-corrected chi connectivity index (χ4v) is 6.16. The van der Waals surface area contributed by atoms with Crippen molar-refractivity contribution in [3.8, 4) is 0 Å². The molecule has 0 heterocycles. The Bertz CT molecular complexity index is 594. The molecule has 4 aliphatic carbocycles. The van der Waals surface area contributed by atoms with Gasteiger partial charge in [-0.25, -0.2) is 4.72 Å². The van der Waals surface area contributed by atoms with E-state index in [1.807, 2.05) is 38.1 Å². The van der Waals surface area contributed by atoms with Crippen LogP contribution in [0.2, 0.25) is 5.02 Å². The van der Waals surface area contributed by atoms with Crippen LogP contribution in [0.3, 0.4) is 0 Å². The summed E-state index contributed by atoms with van der Waals surface area (Å²) in [5.41, 5.74) is -0.521. The molecule has 4 bridgehead atoms. The van der Waals surface area contributed by atoms with Crippen molar-refractivity contribution in [2.24, 2.45) is 23.7 Å². The number of halogens is 1. The van der Waals surface area contributed by atoms with Crippen LogP contribution < -0.4 is 10.0 Å². The lowest BCUT2D eigenvalue weighted by molar-refractivity contribution is -0.111. The van der Waals surface area contributed by atoms with Crippen molar-refractivity contribution in [2.75, 3.05) is 7.05 Å². The first-order valence-electron chi connectivity index (χ1n) is 9.73. The van der Waals surface area contributed by atoms with Gasteiger partial charge < -0.3 is 10.1 Å². The number of aldehydes is 1. The first kappa shape index (κ1) is 20.2. The molecular weight excluding hydrogens is 364 g/mol. The molecule has 0 aromatic heterocycles. The molecule has 1 aromatic carbocycles. The normalized spacial score (nSPS) is 32.1. The molecule has 2 N–H and O–H groups in total. The zero-order valence-corrected chi connectivity index (χ0v) is 17.6. The van der Waals surface area contributed by atoms with Crippen LogP contribution in [0.1, 0.15) is 46.0 Å². The molecule has 26 heavy (non-hydrogen) atoms. The SMILES string of the molecule is CC(C)(C=O)NSc1cccc(Cl)c1.CNC1C2CC3CC(C2)CC1C3. The minimum absolute atomic E-state index is 0.521. The van der Waals surface area contributed by atoms with Crippen LogP contribution >= 0.6 is 23.5 Å². The lowest BCUT2D eigenvalue weighted by Crippen LogP contribution is -2.53. The highest BCUT2D eigenvalue weighted by Crippen LogP contribution is 2.53. The van der Waals surface area contributed by atoms with Gasteiger partial charge in [0.1, 0.15) is 6.29 Å². The van der Waals surface area contributed by atoms with Crippen LogP contribution in [0.15, 0.2) is 29.2 Å². The van der Waals surface area contributed by atoms with Gasteiger partial charge in [-0.1, -0.05) is 17.7 Å². The van der Waals surface area contributed by atoms with Crippen molar-refractivity contribution in [2.45, 2.75) is 62.4 Å². The molecule has 4 saturated carbocycles. The maximum absolute atomic E-state index is 10.6. The van der Waals surface area contributed by atoms with E-state index in [-0.39, 0.29) is 0 Å². The Morgan fingerprint density at radius 1 is 1.12 bits per heavy atom. The first-order valence-corrected chi connectivity index (χ1v) is 10.9. The Morgan fingerprint density at radius 3 is 2.23 bits per heavy atom. The highest BCUT2D eigenvalue weighted by Gasteiger charge is 2.47. The third kappa shape index (κ3) is 5.03. The monoisotopic (exact) mass is 394 g/mol. The number of carbonyl (C=O) groups is 1. The molecule has 144 valence electrons. The average Bonchev–Trinajstić information content (AvgIpc) is 2.60. The van der Waals surface area contributed by atoms with Crippen molar-refractivity contribution < 1.29 is 4.79 Å². The topological polar surface area (TPSA) is 41.1 Å². The summed E-state index contributed by atoms with van der Waals surface area (Å²) >= 11 is 7.22. The number of hydrogen-bond donors (Lipinski definition) is 2. The number of hydrogen-bond acceptors (Lipinski definition) is 4. The molecule has 4 aliphatic rings. The largest absolute Gasteiger partial charge is 0.316 e. The summed E-state index contributed by atoms with van der Waals surface area (Å²) in [4.78, 5) is 11.6. The van der Waals surface area contributed by atoms with Crippen molar-refractivity contribution in [1.82, 2.24) is 10.0 Å². The van der Waals surface area contributed by atoms with Gasteiger partial charge in [0, 0.05) is 16.0 Å². The second-order valence-electron chi connectivity index (χ2n) is 8.75. The van der Waals surface area contributed by atoms with Gasteiger partial charge in [-0.2, -0.15) is 0 Å². The lowest BCUT2D eigenvalue weighted by atomic mass is 9.54. The Balaban J connectivity index is 0.000000152. The third-order valence-electron chi connectivity index (χ3n) is 6.08. The first-order chi connectivity index (χ1) is 12.4. The highest BCUT2D eigenvalue weighted by atomic mass is 35.5. The molecule has 0 radical (unpaired) electrons. The lowest BCUT2D eigenvalue weighted by Gasteiger charge is -2.54. The van der Waals surface area contributed by atoms with Gasteiger partial charge in [0.2, 0.25) is 0 Å². The van der Waals surface area contributed by atoms with Gasteiger partial charge in [0.15, 0.2) is 0 Å². The summed E-state index contributed by atoms with van der Waals surface area (Å²) in [5.74, 6) is 4.34. The average molecular weight is 395 g/mol. The Morgan fingerprint density at radius 2 is 1.73 bits per heavy atom. The molecule has 0 saturated heterocycles. The van der Waals surface area contributed by atoms with Gasteiger partial charge in [-0.15, -0.1) is 0 Å². The molecule has 0 spiro atoms. The second kappa shape index (κ2) is 8.64. The molecule has 5 rings (SSSR count). The van der Waals surface area contributed by atoms with Gasteiger partial charge in [0.25, 0.3) is 0 Å². The fraction of sp³-hybridized carbons (Fsp3) is 0.667. The maximum Gasteiger partial charge on any atom is 0.140 e. The molecule has 0 atom stereocenters. The predicted octanol–water partition coefficient (Wildman–Crippen LogP) is 4.94. The van der Waals surface area contributed by atoms with Crippen LogP contribution in [0, 0.1) is 23.7 Å². The van der Waals surface area contributed by atoms with E-state index in [0.29, 0.717) is 5.02 Å². The molecule has 3 nitrogen and oxygen atoms in total. The van der Waals surface area contributed by atoms with E-state index in [0.717, 1.165) is 40.9 Å². The quantitative estimate of drug-likeness (QED) is 0.548. The molecular formula is C21H31ClN2OS. The Labute approximate surface area is 167 Å². The van der Waals surface area contributed by atoms with Crippen molar-refractivity contribution in [3.05, 3.63) is 29.3 Å². The number of carbonyl (C=O) groups excluding carboxylic acids is 1. The van der Waals surface area contributed by atoms with E-state index in [9.17, 15) is 4.79 Å². The minimum Gasteiger partial charge on any atom is -0.316 e. The zero-order chi connectivity index (χ0) is 18.7. The molecule has 4 fully saturated rings. The van der Waals surface area contributed by atoms with E-state index < -0.39 is 5.54 Å². The number of nitrogens with one attached hydrogen (secondary N) is 2. The van der Waals surface area contributed by atoms with Crippen molar-refractivity contribution in [3.63, 3.8) is 0 Å².